The maximum atomic E-state index is 13.9. The summed E-state index contributed by atoms with van der Waals surface area (Å²) in [6, 6.07) is 7.51. The molecule has 5 rings (SSSR count). The van der Waals surface area contributed by atoms with E-state index in [9.17, 15) is 22.8 Å². The Hall–Kier alpha value is -3.68. The molecule has 13 heteroatoms. The average molecular weight is 630 g/mol. The van der Waals surface area contributed by atoms with Crippen molar-refractivity contribution in [2.75, 3.05) is 58.7 Å². The largest absolute Gasteiger partial charge is 0.401 e. The molecule has 3 aromatic rings. The normalized spacial score (nSPS) is 22.3. The van der Waals surface area contributed by atoms with Crippen molar-refractivity contribution in [3.05, 3.63) is 53.5 Å². The lowest BCUT2D eigenvalue weighted by atomic mass is 9.91. The quantitative estimate of drug-likeness (QED) is 0.331. The molecule has 0 aliphatic carbocycles. The topological polar surface area (TPSA) is 103 Å². The van der Waals surface area contributed by atoms with Crippen molar-refractivity contribution in [3.8, 4) is 11.1 Å². The van der Waals surface area contributed by atoms with Gasteiger partial charge in [0, 0.05) is 88.2 Å². The molecular weight excluding hydrogens is 587 g/mol. The van der Waals surface area contributed by atoms with E-state index >= 15 is 0 Å². The molecule has 0 saturated carbocycles. The van der Waals surface area contributed by atoms with E-state index in [-0.39, 0.29) is 36.5 Å². The second-order valence-electron chi connectivity index (χ2n) is 12.1. The number of alkyl halides is 3. The van der Waals surface area contributed by atoms with Crippen LogP contribution in [0.4, 0.5) is 19.0 Å². The van der Waals surface area contributed by atoms with Crippen LogP contribution in [-0.4, -0.2) is 103 Å². The van der Waals surface area contributed by atoms with E-state index in [1.807, 2.05) is 51.2 Å². The molecule has 3 N–H and O–H groups in total. The Labute approximate surface area is 261 Å². The number of ether oxygens (including phenoxy) is 1. The Kier molecular flexibility index (Phi) is 9.71. The summed E-state index contributed by atoms with van der Waals surface area (Å²) in [7, 11) is 3.37. The zero-order valence-electron chi connectivity index (χ0n) is 26.4. The molecule has 0 aromatic carbocycles. The first-order valence-electron chi connectivity index (χ1n) is 15.3. The highest BCUT2D eigenvalue weighted by Gasteiger charge is 2.36. The van der Waals surface area contributed by atoms with Crippen LogP contribution in [0.2, 0.25) is 0 Å². The molecule has 0 bridgehead atoms. The van der Waals surface area contributed by atoms with Crippen molar-refractivity contribution >= 4 is 23.1 Å². The van der Waals surface area contributed by atoms with E-state index in [0.717, 1.165) is 27.9 Å². The van der Waals surface area contributed by atoms with Gasteiger partial charge in [0.2, 0.25) is 5.91 Å². The van der Waals surface area contributed by atoms with Gasteiger partial charge in [0.25, 0.3) is 5.91 Å². The number of methoxy groups -OCH3 is 1. The van der Waals surface area contributed by atoms with Gasteiger partial charge in [-0.3, -0.25) is 19.4 Å². The van der Waals surface area contributed by atoms with Gasteiger partial charge in [-0.1, -0.05) is 0 Å². The first-order chi connectivity index (χ1) is 21.4. The minimum Gasteiger partial charge on any atom is -0.380 e. The van der Waals surface area contributed by atoms with E-state index in [4.69, 9.17) is 4.74 Å². The molecule has 2 amide bonds. The number of piperidine rings is 1. The fourth-order valence-electron chi connectivity index (χ4n) is 6.70. The Morgan fingerprint density at radius 2 is 1.93 bits per heavy atom. The summed E-state index contributed by atoms with van der Waals surface area (Å²) >= 11 is 0. The number of hydrogen-bond acceptors (Lipinski definition) is 7. The van der Waals surface area contributed by atoms with Crippen LogP contribution in [0.5, 0.6) is 0 Å². The Bertz CT molecular complexity index is 1530. The summed E-state index contributed by atoms with van der Waals surface area (Å²) in [5.74, 6) is -0.280. The third kappa shape index (κ3) is 7.10. The van der Waals surface area contributed by atoms with Gasteiger partial charge >= 0.3 is 6.18 Å². The Balaban J connectivity index is 1.49. The van der Waals surface area contributed by atoms with Crippen molar-refractivity contribution in [2.45, 2.75) is 51.6 Å². The molecular formula is C32H42F3N7O3. The number of anilines is 1. The van der Waals surface area contributed by atoms with E-state index in [1.165, 1.54) is 4.90 Å². The van der Waals surface area contributed by atoms with Gasteiger partial charge in [0.15, 0.2) is 0 Å². The van der Waals surface area contributed by atoms with Crippen LogP contribution < -0.4 is 16.0 Å². The van der Waals surface area contributed by atoms with Gasteiger partial charge in [0.1, 0.15) is 5.82 Å². The molecule has 2 fully saturated rings. The fourth-order valence-corrected chi connectivity index (χ4v) is 6.70. The monoisotopic (exact) mass is 629 g/mol. The third-order valence-electron chi connectivity index (χ3n) is 9.12. The fraction of sp³-hybridized carbons (Fsp3) is 0.531. The van der Waals surface area contributed by atoms with E-state index < -0.39 is 18.6 Å². The minimum atomic E-state index is -4.24. The number of nitrogens with zero attached hydrogens (tertiary/aromatic N) is 4. The van der Waals surface area contributed by atoms with Crippen LogP contribution >= 0.6 is 0 Å². The van der Waals surface area contributed by atoms with Gasteiger partial charge < -0.3 is 25.1 Å². The lowest BCUT2D eigenvalue weighted by Gasteiger charge is -2.39. The van der Waals surface area contributed by atoms with Gasteiger partial charge in [-0.15, -0.1) is 0 Å². The highest BCUT2D eigenvalue weighted by molar-refractivity contribution is 5.99. The molecule has 0 radical (unpaired) electrons. The maximum absolute atomic E-state index is 13.9. The minimum absolute atomic E-state index is 0.0113. The van der Waals surface area contributed by atoms with Gasteiger partial charge in [-0.25, -0.2) is 4.98 Å². The number of pyridine rings is 2. The number of piperazine rings is 1. The molecule has 244 valence electrons. The van der Waals surface area contributed by atoms with Crippen molar-refractivity contribution in [2.24, 2.45) is 5.92 Å². The highest BCUT2D eigenvalue weighted by atomic mass is 19.4. The van der Waals surface area contributed by atoms with Crippen LogP contribution in [0.25, 0.3) is 16.6 Å². The molecule has 3 aromatic heterocycles. The predicted molar refractivity (Wildman–Crippen MR) is 166 cm³/mol. The van der Waals surface area contributed by atoms with Crippen molar-refractivity contribution in [1.29, 1.82) is 0 Å². The zero-order chi connectivity index (χ0) is 32.5. The second-order valence-corrected chi connectivity index (χ2v) is 12.1. The standard InChI is InChI=1S/C32H42F3N7O3/c1-19-14-27(45-5)25(31(44)39-19)17-38-30(43)24-16-26-23(22-6-8-37-28(15-22)36-4)7-9-42(26)29(20(24)2)21(3)41-12-10-40(11-13-41)18-32(33,34)35/h6-9,15-16,19,21,25,27H,10-14,17-18H2,1-5H3,(H,36,37)(H,38,43)(H,39,44). The number of fused-ring (bicyclic) bond motifs is 1. The van der Waals surface area contributed by atoms with Crippen LogP contribution in [0.1, 0.15) is 47.9 Å². The summed E-state index contributed by atoms with van der Waals surface area (Å²) in [6.45, 7) is 6.59. The molecule has 0 spiro atoms. The number of rotatable bonds is 9. The van der Waals surface area contributed by atoms with Crippen LogP contribution in [0.3, 0.4) is 0 Å². The van der Waals surface area contributed by atoms with E-state index in [2.05, 4.69) is 30.2 Å². The number of amides is 2. The number of nitrogens with one attached hydrogen (secondary N) is 3. The molecule has 5 heterocycles. The number of halogens is 3. The lowest BCUT2D eigenvalue weighted by Crippen LogP contribution is -2.53. The summed E-state index contributed by atoms with van der Waals surface area (Å²) in [5, 5.41) is 9.00. The molecule has 4 unspecified atom stereocenters. The number of carbonyl (C=O) groups excluding carboxylic acids is 2. The zero-order valence-corrected chi connectivity index (χ0v) is 26.4. The SMILES string of the molecule is CNc1cc(-c2ccn3c(C(C)N4CCN(CC(F)(F)F)CC4)c(C)c(C(=O)NCC4C(=O)NC(C)CC4OC)cc23)ccn1. The number of aromatic nitrogens is 2. The molecule has 45 heavy (non-hydrogen) atoms. The second kappa shape index (κ2) is 13.4. The van der Waals surface area contributed by atoms with Gasteiger partial charge in [-0.05, 0) is 62.6 Å². The van der Waals surface area contributed by atoms with Crippen molar-refractivity contribution < 1.29 is 27.5 Å². The predicted octanol–water partition coefficient (Wildman–Crippen LogP) is 3.86. The van der Waals surface area contributed by atoms with Crippen LogP contribution in [0.15, 0.2) is 36.7 Å². The maximum Gasteiger partial charge on any atom is 0.401 e. The molecule has 10 nitrogen and oxygen atoms in total. The average Bonchev–Trinajstić information content (AvgIpc) is 3.42. The summed E-state index contributed by atoms with van der Waals surface area (Å²) in [4.78, 5) is 34.6. The van der Waals surface area contributed by atoms with Crippen molar-refractivity contribution in [1.82, 2.24) is 29.8 Å². The third-order valence-corrected chi connectivity index (χ3v) is 9.12. The molecule has 2 aliphatic rings. The molecule has 2 aliphatic heterocycles. The first kappa shape index (κ1) is 32.7. The summed E-state index contributed by atoms with van der Waals surface area (Å²) in [5.41, 5.74) is 4.77. The molecule has 4 atom stereocenters. The Morgan fingerprint density at radius 1 is 1.20 bits per heavy atom. The van der Waals surface area contributed by atoms with Crippen LogP contribution in [0, 0.1) is 12.8 Å². The van der Waals surface area contributed by atoms with Crippen molar-refractivity contribution in [3.63, 3.8) is 0 Å². The van der Waals surface area contributed by atoms with E-state index in [1.54, 1.807) is 20.4 Å². The first-order valence-corrected chi connectivity index (χ1v) is 15.3. The smallest absolute Gasteiger partial charge is 0.380 e. The van der Waals surface area contributed by atoms with Gasteiger partial charge in [0.05, 0.1) is 24.1 Å². The lowest BCUT2D eigenvalue weighted by molar-refractivity contribution is -0.149. The summed E-state index contributed by atoms with van der Waals surface area (Å²) in [6.07, 6.45) is -0.200. The number of hydrogen-bond donors (Lipinski definition) is 3. The summed E-state index contributed by atoms with van der Waals surface area (Å²) < 4.78 is 46.7. The molecule has 2 saturated heterocycles. The van der Waals surface area contributed by atoms with Gasteiger partial charge in [-0.2, -0.15) is 13.2 Å². The Morgan fingerprint density at radius 3 is 2.60 bits per heavy atom. The van der Waals surface area contributed by atoms with Crippen LogP contribution in [-0.2, 0) is 9.53 Å². The highest BCUT2D eigenvalue weighted by Crippen LogP contribution is 2.34. The number of carbonyl (C=O) groups is 2. The van der Waals surface area contributed by atoms with E-state index in [0.29, 0.717) is 44.0 Å².